The highest BCUT2D eigenvalue weighted by atomic mass is 16.5. The molecule has 0 unspecified atom stereocenters. The van der Waals surface area contributed by atoms with Gasteiger partial charge in [0.2, 0.25) is 5.88 Å². The first kappa shape index (κ1) is 12.1. The zero-order chi connectivity index (χ0) is 13.9. The zero-order valence-corrected chi connectivity index (χ0v) is 10.9. The van der Waals surface area contributed by atoms with Crippen molar-refractivity contribution in [3.8, 4) is 17.7 Å². The number of aromatic nitrogens is 2. The molecule has 0 aliphatic carbocycles. The number of fused-ring (bicyclic) bond motifs is 1. The fourth-order valence-corrected chi connectivity index (χ4v) is 1.95. The van der Waals surface area contributed by atoms with Gasteiger partial charge in [0.05, 0.1) is 11.6 Å². The highest BCUT2D eigenvalue weighted by Crippen LogP contribution is 2.27. The lowest BCUT2D eigenvalue weighted by Crippen LogP contribution is -1.92. The molecule has 3 aromatic rings. The molecule has 0 saturated carbocycles. The van der Waals surface area contributed by atoms with Crippen LogP contribution in [-0.2, 0) is 0 Å². The van der Waals surface area contributed by atoms with Crippen LogP contribution in [0.5, 0.6) is 11.6 Å². The minimum atomic E-state index is 0.389. The maximum absolute atomic E-state index is 8.89. The Morgan fingerprint density at radius 1 is 1.15 bits per heavy atom. The van der Waals surface area contributed by atoms with Gasteiger partial charge in [-0.2, -0.15) is 5.26 Å². The van der Waals surface area contributed by atoms with Crippen molar-refractivity contribution in [2.75, 3.05) is 0 Å². The van der Waals surface area contributed by atoms with Crippen molar-refractivity contribution in [3.05, 3.63) is 59.9 Å². The van der Waals surface area contributed by atoms with Gasteiger partial charge in [0, 0.05) is 23.3 Å². The van der Waals surface area contributed by atoms with Gasteiger partial charge in [-0.05, 0) is 25.1 Å². The number of nitrogens with zero attached hydrogens (tertiary/aromatic N) is 3. The van der Waals surface area contributed by atoms with E-state index in [1.165, 1.54) is 0 Å². The predicted molar refractivity (Wildman–Crippen MR) is 75.5 cm³/mol. The van der Waals surface area contributed by atoms with Crippen LogP contribution in [0.3, 0.4) is 0 Å². The molecule has 0 saturated heterocycles. The number of pyridine rings is 2. The third kappa shape index (κ3) is 2.29. The van der Waals surface area contributed by atoms with Crippen LogP contribution in [0, 0.1) is 18.3 Å². The molecule has 0 bridgehead atoms. The number of ether oxygens (including phenoxy) is 1. The molecule has 0 fully saturated rings. The summed E-state index contributed by atoms with van der Waals surface area (Å²) in [4.78, 5) is 8.61. The van der Waals surface area contributed by atoms with E-state index in [-0.39, 0.29) is 0 Å². The van der Waals surface area contributed by atoms with Gasteiger partial charge in [0.25, 0.3) is 0 Å². The van der Waals surface area contributed by atoms with Gasteiger partial charge in [0.15, 0.2) is 5.75 Å². The Morgan fingerprint density at radius 3 is 2.90 bits per heavy atom. The van der Waals surface area contributed by atoms with Gasteiger partial charge in [-0.15, -0.1) is 0 Å². The van der Waals surface area contributed by atoms with Gasteiger partial charge in [0.1, 0.15) is 5.52 Å². The second kappa shape index (κ2) is 4.98. The largest absolute Gasteiger partial charge is 0.437 e. The Labute approximate surface area is 116 Å². The van der Waals surface area contributed by atoms with E-state index in [4.69, 9.17) is 10.00 Å². The molecule has 0 N–H and O–H groups in total. The standard InChI is InChI=1S/C16H11N3O/c1-11-5-6-13-3-2-4-14(16(13)19-11)20-15-9-12(10-17)7-8-18-15/h2-9H,1H3. The summed E-state index contributed by atoms with van der Waals surface area (Å²) < 4.78 is 5.76. The fraction of sp³-hybridized carbons (Fsp3) is 0.0625. The third-order valence-electron chi connectivity index (χ3n) is 2.90. The van der Waals surface area contributed by atoms with Crippen molar-refractivity contribution in [1.82, 2.24) is 9.97 Å². The molecule has 4 heteroatoms. The number of aryl methyl sites for hydroxylation is 1. The van der Waals surface area contributed by atoms with E-state index in [1.54, 1.807) is 18.3 Å². The van der Waals surface area contributed by atoms with E-state index in [0.717, 1.165) is 16.6 Å². The lowest BCUT2D eigenvalue weighted by atomic mass is 10.2. The quantitative estimate of drug-likeness (QED) is 0.707. The topological polar surface area (TPSA) is 58.8 Å². The van der Waals surface area contributed by atoms with Crippen molar-refractivity contribution < 1.29 is 4.74 Å². The summed E-state index contributed by atoms with van der Waals surface area (Å²) in [5.41, 5.74) is 2.23. The Hall–Kier alpha value is -2.93. The number of nitriles is 1. The van der Waals surface area contributed by atoms with Crippen LogP contribution in [0.15, 0.2) is 48.7 Å². The van der Waals surface area contributed by atoms with E-state index < -0.39 is 0 Å². The average Bonchev–Trinajstić information content (AvgIpc) is 2.48. The van der Waals surface area contributed by atoms with Crippen molar-refractivity contribution >= 4 is 10.9 Å². The highest BCUT2D eigenvalue weighted by Gasteiger charge is 2.06. The van der Waals surface area contributed by atoms with Crippen LogP contribution in [0.25, 0.3) is 10.9 Å². The van der Waals surface area contributed by atoms with E-state index in [2.05, 4.69) is 16.0 Å². The normalized spacial score (nSPS) is 10.2. The summed E-state index contributed by atoms with van der Waals surface area (Å²) in [6.45, 7) is 1.94. The molecule has 2 heterocycles. The van der Waals surface area contributed by atoms with Gasteiger partial charge < -0.3 is 4.74 Å². The van der Waals surface area contributed by atoms with Gasteiger partial charge >= 0.3 is 0 Å². The van der Waals surface area contributed by atoms with E-state index >= 15 is 0 Å². The highest BCUT2D eigenvalue weighted by molar-refractivity contribution is 5.84. The first-order valence-electron chi connectivity index (χ1n) is 6.16. The molecule has 0 radical (unpaired) electrons. The zero-order valence-electron chi connectivity index (χ0n) is 10.9. The number of hydrogen-bond donors (Lipinski definition) is 0. The summed E-state index contributed by atoms with van der Waals surface area (Å²) in [5, 5.41) is 9.89. The monoisotopic (exact) mass is 261 g/mol. The second-order valence-corrected chi connectivity index (χ2v) is 4.38. The number of para-hydroxylation sites is 1. The predicted octanol–water partition coefficient (Wildman–Crippen LogP) is 3.60. The van der Waals surface area contributed by atoms with Crippen molar-refractivity contribution in [1.29, 1.82) is 5.26 Å². The summed E-state index contributed by atoms with van der Waals surface area (Å²) in [6, 6.07) is 15.0. The number of rotatable bonds is 2. The first-order valence-corrected chi connectivity index (χ1v) is 6.16. The SMILES string of the molecule is Cc1ccc2cccc(Oc3cc(C#N)ccn3)c2n1. The molecule has 0 aliphatic heterocycles. The van der Waals surface area contributed by atoms with E-state index in [0.29, 0.717) is 17.2 Å². The maximum atomic E-state index is 8.89. The van der Waals surface area contributed by atoms with Crippen LogP contribution in [-0.4, -0.2) is 9.97 Å². The minimum Gasteiger partial charge on any atom is -0.437 e. The van der Waals surface area contributed by atoms with Gasteiger partial charge in [-0.1, -0.05) is 18.2 Å². The average molecular weight is 261 g/mol. The molecule has 2 aromatic heterocycles. The lowest BCUT2D eigenvalue weighted by Gasteiger charge is -2.08. The molecule has 20 heavy (non-hydrogen) atoms. The fourth-order valence-electron chi connectivity index (χ4n) is 1.95. The first-order chi connectivity index (χ1) is 9.76. The molecule has 1 aromatic carbocycles. The van der Waals surface area contributed by atoms with Crippen molar-refractivity contribution in [3.63, 3.8) is 0 Å². The van der Waals surface area contributed by atoms with Crippen LogP contribution in [0.2, 0.25) is 0 Å². The molecule has 0 atom stereocenters. The van der Waals surface area contributed by atoms with Gasteiger partial charge in [-0.3, -0.25) is 0 Å². The maximum Gasteiger partial charge on any atom is 0.220 e. The lowest BCUT2D eigenvalue weighted by molar-refractivity contribution is 0.467. The Bertz CT molecular complexity index is 821. The molecular weight excluding hydrogens is 250 g/mol. The minimum absolute atomic E-state index is 0.389. The van der Waals surface area contributed by atoms with E-state index in [1.807, 2.05) is 37.3 Å². The Morgan fingerprint density at radius 2 is 2.05 bits per heavy atom. The van der Waals surface area contributed by atoms with E-state index in [9.17, 15) is 0 Å². The Balaban J connectivity index is 2.06. The summed E-state index contributed by atoms with van der Waals surface area (Å²) in [5.74, 6) is 1.02. The van der Waals surface area contributed by atoms with Gasteiger partial charge in [-0.25, -0.2) is 9.97 Å². The number of hydrogen-bond acceptors (Lipinski definition) is 4. The van der Waals surface area contributed by atoms with Crippen LogP contribution < -0.4 is 4.74 Å². The molecule has 4 nitrogen and oxygen atoms in total. The van der Waals surface area contributed by atoms with Crippen molar-refractivity contribution in [2.24, 2.45) is 0 Å². The molecule has 0 aliphatic rings. The summed E-state index contributed by atoms with van der Waals surface area (Å²) >= 11 is 0. The smallest absolute Gasteiger partial charge is 0.220 e. The number of benzene rings is 1. The summed E-state index contributed by atoms with van der Waals surface area (Å²) in [7, 11) is 0. The Kier molecular flexibility index (Phi) is 3.02. The van der Waals surface area contributed by atoms with Crippen LogP contribution in [0.4, 0.5) is 0 Å². The summed E-state index contributed by atoms with van der Waals surface area (Å²) in [6.07, 6.45) is 1.55. The molecular formula is C16H11N3O. The van der Waals surface area contributed by atoms with Crippen LogP contribution in [0.1, 0.15) is 11.3 Å². The second-order valence-electron chi connectivity index (χ2n) is 4.38. The van der Waals surface area contributed by atoms with Crippen LogP contribution >= 0.6 is 0 Å². The molecule has 3 rings (SSSR count). The molecule has 0 spiro atoms. The molecule has 96 valence electrons. The third-order valence-corrected chi connectivity index (χ3v) is 2.90. The molecule has 0 amide bonds. The van der Waals surface area contributed by atoms with Crippen molar-refractivity contribution in [2.45, 2.75) is 6.92 Å².